The summed E-state index contributed by atoms with van der Waals surface area (Å²) in [6.45, 7) is 0.842. The molecule has 10 heteroatoms. The summed E-state index contributed by atoms with van der Waals surface area (Å²) in [5.41, 5.74) is 4.35. The first-order valence-electron chi connectivity index (χ1n) is 10.9. The predicted octanol–water partition coefficient (Wildman–Crippen LogP) is 7.03. The molecule has 0 N–H and O–H groups in total. The minimum absolute atomic E-state index is 0.395. The number of fused-ring (bicyclic) bond motifs is 2. The summed E-state index contributed by atoms with van der Waals surface area (Å²) < 4.78 is 4.51. The van der Waals surface area contributed by atoms with Crippen LogP contribution in [-0.4, -0.2) is 38.5 Å². The Hall–Kier alpha value is -3.34. The summed E-state index contributed by atoms with van der Waals surface area (Å²) in [4.78, 5) is 33.0. The van der Waals surface area contributed by atoms with Gasteiger partial charge < -0.3 is 0 Å². The highest BCUT2D eigenvalue weighted by Crippen LogP contribution is 2.22. The molecule has 1 aliphatic heterocycles. The van der Waals surface area contributed by atoms with E-state index in [1.165, 1.54) is 11.1 Å². The summed E-state index contributed by atoms with van der Waals surface area (Å²) in [5.74, 6) is 0.632. The van der Waals surface area contributed by atoms with Crippen molar-refractivity contribution in [3.8, 4) is 5.82 Å². The molecule has 0 atom stereocenters. The molecule has 0 aliphatic carbocycles. The molecule has 6 rings (SSSR count). The molecule has 37 heavy (non-hydrogen) atoms. The van der Waals surface area contributed by atoms with Gasteiger partial charge in [0.05, 0.1) is 18.3 Å². The maximum Gasteiger partial charge on any atom is 0.168 e. The molecule has 0 amide bonds. The lowest BCUT2D eigenvalue weighted by atomic mass is 10.1. The van der Waals surface area contributed by atoms with Crippen LogP contribution < -0.4 is 0 Å². The number of carbonyl (C=O) groups is 2. The third-order valence-electron chi connectivity index (χ3n) is 5.08. The number of halogens is 3. The van der Waals surface area contributed by atoms with E-state index in [1.807, 2.05) is 36.5 Å². The van der Waals surface area contributed by atoms with Crippen molar-refractivity contribution in [1.29, 1.82) is 0 Å². The first-order valence-corrected chi connectivity index (χ1v) is 13.3. The fourth-order valence-electron chi connectivity index (χ4n) is 3.37. The highest BCUT2D eigenvalue weighted by Gasteiger charge is 2.07. The van der Waals surface area contributed by atoms with E-state index in [-0.39, 0.29) is 0 Å². The molecule has 5 aromatic rings. The zero-order chi connectivity index (χ0) is 26.2. The largest absolute Gasteiger partial charge is 0.296 e. The standard InChI is InChI=1S/C13H8BrN3O.C8H6BrN.C6H4BrNO/c14-10-5-4-9-7-15-17(12(9)6-10)13-3-1-2-11(8-18)16-13;9-8-2-1-6-4-10-5-7(6)3-8;7-6-3-1-2-5(4-9)8-6/h1-8H;1-4H,5H2;1-4H. The van der Waals surface area contributed by atoms with Gasteiger partial charge in [-0.2, -0.15) is 5.10 Å². The second kappa shape index (κ2) is 12.8. The van der Waals surface area contributed by atoms with Crippen molar-refractivity contribution in [2.45, 2.75) is 6.54 Å². The molecule has 0 saturated carbocycles. The van der Waals surface area contributed by atoms with Crippen LogP contribution in [0.2, 0.25) is 0 Å². The Morgan fingerprint density at radius 2 is 1.49 bits per heavy atom. The molecule has 2 aromatic carbocycles. The van der Waals surface area contributed by atoms with Crippen LogP contribution in [0.1, 0.15) is 32.1 Å². The minimum atomic E-state index is 0.395. The lowest BCUT2D eigenvalue weighted by Crippen LogP contribution is -2.01. The van der Waals surface area contributed by atoms with Crippen LogP contribution in [0.15, 0.2) is 97.5 Å². The van der Waals surface area contributed by atoms with Crippen LogP contribution in [-0.2, 0) is 6.54 Å². The molecule has 0 radical (unpaired) electrons. The Balaban J connectivity index is 0.000000143. The number of hydrogen-bond donors (Lipinski definition) is 0. The maximum atomic E-state index is 10.7. The molecule has 0 unspecified atom stereocenters. The monoisotopic (exact) mass is 681 g/mol. The van der Waals surface area contributed by atoms with Gasteiger partial charge in [-0.3, -0.25) is 14.6 Å². The van der Waals surface area contributed by atoms with E-state index >= 15 is 0 Å². The molecule has 0 saturated heterocycles. The van der Waals surface area contributed by atoms with E-state index < -0.39 is 0 Å². The van der Waals surface area contributed by atoms with Crippen molar-refractivity contribution in [2.24, 2.45) is 4.99 Å². The van der Waals surface area contributed by atoms with Crippen LogP contribution in [0.3, 0.4) is 0 Å². The van der Waals surface area contributed by atoms with E-state index in [0.29, 0.717) is 28.1 Å². The molecule has 184 valence electrons. The van der Waals surface area contributed by atoms with Crippen LogP contribution in [0.25, 0.3) is 16.7 Å². The smallest absolute Gasteiger partial charge is 0.168 e. The lowest BCUT2D eigenvalue weighted by Gasteiger charge is -2.03. The van der Waals surface area contributed by atoms with Crippen molar-refractivity contribution in [1.82, 2.24) is 19.7 Å². The van der Waals surface area contributed by atoms with Gasteiger partial charge in [0.2, 0.25) is 0 Å². The summed E-state index contributed by atoms with van der Waals surface area (Å²) in [7, 11) is 0. The average Bonchev–Trinajstić information content (AvgIpc) is 3.56. The molecular weight excluding hydrogens is 666 g/mol. The summed E-state index contributed by atoms with van der Waals surface area (Å²) >= 11 is 9.98. The van der Waals surface area contributed by atoms with Crippen LogP contribution in [0.5, 0.6) is 0 Å². The normalized spacial score (nSPS) is 11.1. The highest BCUT2D eigenvalue weighted by atomic mass is 79.9. The molecule has 1 aliphatic rings. The van der Waals surface area contributed by atoms with E-state index in [2.05, 4.69) is 80.0 Å². The lowest BCUT2D eigenvalue weighted by molar-refractivity contribution is 0.111. The third kappa shape index (κ3) is 7.12. The van der Waals surface area contributed by atoms with Gasteiger partial charge in [-0.05, 0) is 75.6 Å². The Kier molecular flexibility index (Phi) is 9.21. The number of rotatable bonds is 3. The van der Waals surface area contributed by atoms with Gasteiger partial charge in [0, 0.05) is 20.5 Å². The van der Waals surface area contributed by atoms with Crippen molar-refractivity contribution in [3.63, 3.8) is 0 Å². The first-order chi connectivity index (χ1) is 18.0. The van der Waals surface area contributed by atoms with E-state index in [0.717, 1.165) is 32.7 Å². The van der Waals surface area contributed by atoms with Gasteiger partial charge in [0.25, 0.3) is 0 Å². The minimum Gasteiger partial charge on any atom is -0.296 e. The molecule has 0 fully saturated rings. The number of aldehydes is 2. The number of hydrogen-bond acceptors (Lipinski definition) is 6. The quantitative estimate of drug-likeness (QED) is 0.150. The van der Waals surface area contributed by atoms with Gasteiger partial charge in [-0.15, -0.1) is 0 Å². The molecule has 0 bridgehead atoms. The van der Waals surface area contributed by atoms with Gasteiger partial charge in [-0.25, -0.2) is 14.6 Å². The molecule has 4 heterocycles. The van der Waals surface area contributed by atoms with Crippen LogP contribution >= 0.6 is 47.8 Å². The van der Waals surface area contributed by atoms with E-state index in [9.17, 15) is 9.59 Å². The number of nitrogens with zero attached hydrogens (tertiary/aromatic N) is 5. The fraction of sp³-hybridized carbons (Fsp3) is 0.0370. The Morgan fingerprint density at radius 3 is 2.22 bits per heavy atom. The number of aromatic nitrogens is 4. The molecule has 7 nitrogen and oxygen atoms in total. The van der Waals surface area contributed by atoms with Crippen molar-refractivity contribution in [2.75, 3.05) is 0 Å². The van der Waals surface area contributed by atoms with Crippen LogP contribution in [0.4, 0.5) is 0 Å². The molecule has 3 aromatic heterocycles. The third-order valence-corrected chi connectivity index (χ3v) is 6.51. The van der Waals surface area contributed by atoms with Crippen LogP contribution in [0, 0.1) is 0 Å². The van der Waals surface area contributed by atoms with Crippen molar-refractivity contribution >= 4 is 77.5 Å². The molecular formula is C27H18Br3N5O2. The topological polar surface area (TPSA) is 90.1 Å². The van der Waals surface area contributed by atoms with E-state index in [1.54, 1.807) is 41.2 Å². The van der Waals surface area contributed by atoms with E-state index in [4.69, 9.17) is 0 Å². The van der Waals surface area contributed by atoms with Gasteiger partial charge >= 0.3 is 0 Å². The first kappa shape index (κ1) is 26.7. The number of benzene rings is 2. The summed E-state index contributed by atoms with van der Waals surface area (Å²) in [6.07, 6.45) is 5.13. The zero-order valence-corrected chi connectivity index (χ0v) is 23.9. The zero-order valence-electron chi connectivity index (χ0n) is 19.1. The Bertz CT molecular complexity index is 1600. The Labute approximate surface area is 238 Å². The SMILES string of the molecule is Brc1ccc2c(c1)CN=C2.O=Cc1cccc(-n2ncc3ccc(Br)cc32)n1.O=Cc1cccc(Br)n1. The predicted molar refractivity (Wildman–Crippen MR) is 155 cm³/mol. The Morgan fingerprint density at radius 1 is 0.784 bits per heavy atom. The van der Waals surface area contributed by atoms with Crippen molar-refractivity contribution in [3.05, 3.63) is 115 Å². The average molecular weight is 684 g/mol. The second-order valence-corrected chi connectivity index (χ2v) is 10.3. The summed E-state index contributed by atoms with van der Waals surface area (Å²) in [6, 6.07) is 22.6. The summed E-state index contributed by atoms with van der Waals surface area (Å²) in [5, 5.41) is 5.32. The van der Waals surface area contributed by atoms with Gasteiger partial charge in [0.15, 0.2) is 18.4 Å². The molecule has 0 spiro atoms. The number of carbonyl (C=O) groups excluding carboxylic acids is 2. The fourth-order valence-corrected chi connectivity index (χ4v) is 4.48. The van der Waals surface area contributed by atoms with Gasteiger partial charge in [-0.1, -0.05) is 56.1 Å². The number of pyridine rings is 2. The maximum absolute atomic E-state index is 10.7. The second-order valence-electron chi connectivity index (χ2n) is 7.61. The van der Waals surface area contributed by atoms with Gasteiger partial charge in [0.1, 0.15) is 16.0 Å². The highest BCUT2D eigenvalue weighted by molar-refractivity contribution is 9.11. The number of aliphatic imine (C=N–C) groups is 1. The van der Waals surface area contributed by atoms with Crippen molar-refractivity contribution < 1.29 is 9.59 Å².